The van der Waals surface area contributed by atoms with Crippen LogP contribution in [0.1, 0.15) is 15.9 Å². The molecule has 24 heavy (non-hydrogen) atoms. The average Bonchev–Trinajstić information content (AvgIpc) is 2.61. The normalized spacial score (nSPS) is 11.5. The van der Waals surface area contributed by atoms with Crippen LogP contribution in [0.2, 0.25) is 0 Å². The molecule has 0 saturated heterocycles. The molecule has 2 N–H and O–H groups in total. The number of hydrogen-bond donors (Lipinski definition) is 2. The van der Waals surface area contributed by atoms with Gasteiger partial charge in [-0.15, -0.1) is 0 Å². The number of benzene rings is 2. The summed E-state index contributed by atoms with van der Waals surface area (Å²) in [5.41, 5.74) is 1.95. The standard InChI is InChI=1S/C18H16N2O4/c1-11-6-3-4-8-14(11)19-17(21)13-10-12-7-5-9-15(23-2)16(12)24-18(13)20-22/h3-10,22H,1-2H3,(H,19,21). The van der Waals surface area contributed by atoms with E-state index >= 15 is 0 Å². The van der Waals surface area contributed by atoms with Crippen molar-refractivity contribution in [2.24, 2.45) is 5.16 Å². The van der Waals surface area contributed by atoms with Crippen LogP contribution in [0.15, 0.2) is 58.1 Å². The molecule has 122 valence electrons. The summed E-state index contributed by atoms with van der Waals surface area (Å²) in [4.78, 5) is 12.6. The number of aryl methyl sites for hydroxylation is 1. The fraction of sp³-hybridized carbons (Fsp3) is 0.111. The van der Waals surface area contributed by atoms with E-state index < -0.39 is 5.91 Å². The molecule has 0 aliphatic heterocycles. The van der Waals surface area contributed by atoms with Gasteiger partial charge in [-0.1, -0.05) is 30.3 Å². The molecule has 1 heterocycles. The number of nitrogens with one attached hydrogen (secondary N) is 1. The summed E-state index contributed by atoms with van der Waals surface area (Å²) in [6.45, 7) is 1.89. The lowest BCUT2D eigenvalue weighted by atomic mass is 10.1. The Labute approximate surface area is 138 Å². The maximum atomic E-state index is 12.6. The van der Waals surface area contributed by atoms with Gasteiger partial charge in [-0.2, -0.15) is 0 Å². The quantitative estimate of drug-likeness (QED) is 0.572. The molecule has 6 heteroatoms. The van der Waals surface area contributed by atoms with E-state index in [1.54, 1.807) is 30.3 Å². The van der Waals surface area contributed by atoms with E-state index in [4.69, 9.17) is 9.15 Å². The molecule has 0 aliphatic rings. The third-order valence-corrected chi connectivity index (χ3v) is 3.69. The molecule has 0 unspecified atom stereocenters. The first-order chi connectivity index (χ1) is 11.6. The van der Waals surface area contributed by atoms with E-state index in [-0.39, 0.29) is 11.1 Å². The highest BCUT2D eigenvalue weighted by molar-refractivity contribution is 6.05. The lowest BCUT2D eigenvalue weighted by Gasteiger charge is -2.09. The summed E-state index contributed by atoms with van der Waals surface area (Å²) in [6, 6.07) is 14.3. The zero-order valence-corrected chi connectivity index (χ0v) is 13.2. The monoisotopic (exact) mass is 324 g/mol. The number of para-hydroxylation sites is 2. The molecule has 6 nitrogen and oxygen atoms in total. The van der Waals surface area contributed by atoms with Gasteiger partial charge in [0.2, 0.25) is 0 Å². The van der Waals surface area contributed by atoms with Gasteiger partial charge in [0.15, 0.2) is 11.3 Å². The van der Waals surface area contributed by atoms with Crippen molar-refractivity contribution in [2.45, 2.75) is 6.92 Å². The van der Waals surface area contributed by atoms with Gasteiger partial charge < -0.3 is 19.7 Å². The van der Waals surface area contributed by atoms with Crippen molar-refractivity contribution in [2.75, 3.05) is 12.4 Å². The van der Waals surface area contributed by atoms with Gasteiger partial charge in [-0.25, -0.2) is 0 Å². The van der Waals surface area contributed by atoms with Crippen molar-refractivity contribution in [3.05, 3.63) is 65.2 Å². The first-order valence-corrected chi connectivity index (χ1v) is 7.30. The molecule has 0 spiro atoms. The molecule has 0 atom stereocenters. The highest BCUT2D eigenvalue weighted by atomic mass is 16.5. The Morgan fingerprint density at radius 2 is 2.00 bits per heavy atom. The molecule has 0 aliphatic carbocycles. The molecule has 3 aromatic rings. The smallest absolute Gasteiger partial charge is 0.268 e. The Morgan fingerprint density at radius 3 is 2.71 bits per heavy atom. The number of nitrogens with zero attached hydrogens (tertiary/aromatic N) is 1. The third kappa shape index (κ3) is 2.81. The van der Waals surface area contributed by atoms with E-state index in [0.717, 1.165) is 5.56 Å². The Bertz CT molecular complexity index is 976. The second-order valence-corrected chi connectivity index (χ2v) is 5.21. The van der Waals surface area contributed by atoms with Crippen molar-refractivity contribution in [1.29, 1.82) is 0 Å². The zero-order valence-electron chi connectivity index (χ0n) is 13.2. The van der Waals surface area contributed by atoms with Crippen LogP contribution < -0.4 is 15.6 Å². The molecule has 2 aromatic carbocycles. The highest BCUT2D eigenvalue weighted by Crippen LogP contribution is 2.24. The van der Waals surface area contributed by atoms with Crippen molar-refractivity contribution in [1.82, 2.24) is 0 Å². The number of carbonyl (C=O) groups excluding carboxylic acids is 1. The fourth-order valence-electron chi connectivity index (χ4n) is 2.43. The van der Waals surface area contributed by atoms with Crippen LogP contribution in [0.3, 0.4) is 0 Å². The lowest BCUT2D eigenvalue weighted by molar-refractivity contribution is 0.102. The third-order valence-electron chi connectivity index (χ3n) is 3.69. The number of amides is 1. The average molecular weight is 324 g/mol. The van der Waals surface area contributed by atoms with Gasteiger partial charge in [0.25, 0.3) is 11.5 Å². The minimum Gasteiger partial charge on any atom is -0.493 e. The Kier molecular flexibility index (Phi) is 4.20. The van der Waals surface area contributed by atoms with Gasteiger partial charge in [0.1, 0.15) is 5.56 Å². The van der Waals surface area contributed by atoms with Crippen molar-refractivity contribution >= 4 is 22.6 Å². The zero-order chi connectivity index (χ0) is 17.1. The largest absolute Gasteiger partial charge is 0.493 e. The summed E-state index contributed by atoms with van der Waals surface area (Å²) in [6.07, 6.45) is 0. The molecular weight excluding hydrogens is 308 g/mol. The van der Waals surface area contributed by atoms with Crippen LogP contribution in [0.5, 0.6) is 5.75 Å². The Morgan fingerprint density at radius 1 is 1.21 bits per heavy atom. The first-order valence-electron chi connectivity index (χ1n) is 7.30. The molecule has 0 radical (unpaired) electrons. The number of hydrogen-bond acceptors (Lipinski definition) is 5. The van der Waals surface area contributed by atoms with Crippen LogP contribution in [0, 0.1) is 6.92 Å². The van der Waals surface area contributed by atoms with E-state index in [0.29, 0.717) is 22.4 Å². The van der Waals surface area contributed by atoms with E-state index in [1.165, 1.54) is 7.11 Å². The van der Waals surface area contributed by atoms with Crippen LogP contribution >= 0.6 is 0 Å². The maximum absolute atomic E-state index is 12.6. The summed E-state index contributed by atoms with van der Waals surface area (Å²) < 4.78 is 10.8. The lowest BCUT2D eigenvalue weighted by Crippen LogP contribution is -2.22. The predicted molar refractivity (Wildman–Crippen MR) is 89.2 cm³/mol. The maximum Gasteiger partial charge on any atom is 0.268 e. The van der Waals surface area contributed by atoms with Gasteiger partial charge >= 0.3 is 0 Å². The number of ether oxygens (including phenoxy) is 1. The minimum atomic E-state index is -0.425. The van der Waals surface area contributed by atoms with Crippen LogP contribution in [-0.2, 0) is 0 Å². The summed E-state index contributed by atoms with van der Waals surface area (Å²) in [7, 11) is 1.51. The van der Waals surface area contributed by atoms with E-state index in [1.807, 2.05) is 25.1 Å². The predicted octanol–water partition coefficient (Wildman–Crippen LogP) is 3.29. The first kappa shape index (κ1) is 15.6. The second kappa shape index (κ2) is 6.45. The van der Waals surface area contributed by atoms with Crippen molar-refractivity contribution < 1.29 is 19.2 Å². The van der Waals surface area contributed by atoms with Crippen LogP contribution in [-0.4, -0.2) is 18.2 Å². The molecule has 1 aromatic heterocycles. The van der Waals surface area contributed by atoms with Gasteiger partial charge in [0.05, 0.1) is 7.11 Å². The summed E-state index contributed by atoms with van der Waals surface area (Å²) >= 11 is 0. The van der Waals surface area contributed by atoms with Gasteiger partial charge in [0, 0.05) is 11.1 Å². The number of rotatable bonds is 3. The van der Waals surface area contributed by atoms with Gasteiger partial charge in [-0.05, 0) is 35.8 Å². The van der Waals surface area contributed by atoms with Gasteiger partial charge in [-0.3, -0.25) is 4.79 Å². The second-order valence-electron chi connectivity index (χ2n) is 5.21. The minimum absolute atomic E-state index is 0.126. The summed E-state index contributed by atoms with van der Waals surface area (Å²) in [5.74, 6) is 0.0637. The molecule has 3 rings (SSSR count). The SMILES string of the molecule is COc1cccc2cc(C(=O)Nc3ccccc3C)c(=NO)oc12. The summed E-state index contributed by atoms with van der Waals surface area (Å²) in [5, 5.41) is 15.8. The molecule has 0 fully saturated rings. The fourth-order valence-corrected chi connectivity index (χ4v) is 2.43. The van der Waals surface area contributed by atoms with Crippen molar-refractivity contribution in [3.8, 4) is 5.75 Å². The Hall–Kier alpha value is -3.28. The topological polar surface area (TPSA) is 84.1 Å². The van der Waals surface area contributed by atoms with E-state index in [2.05, 4.69) is 10.5 Å². The number of fused-ring (bicyclic) bond motifs is 1. The number of carbonyl (C=O) groups is 1. The van der Waals surface area contributed by atoms with Crippen LogP contribution in [0.25, 0.3) is 11.0 Å². The molecule has 0 saturated carbocycles. The highest BCUT2D eigenvalue weighted by Gasteiger charge is 2.15. The van der Waals surface area contributed by atoms with Crippen molar-refractivity contribution in [3.63, 3.8) is 0 Å². The Balaban J connectivity index is 2.09. The number of anilines is 1. The molecular formula is C18H16N2O4. The molecule has 0 bridgehead atoms. The van der Waals surface area contributed by atoms with Crippen LogP contribution in [0.4, 0.5) is 5.69 Å². The molecule has 1 amide bonds. The van der Waals surface area contributed by atoms with E-state index in [9.17, 15) is 10.0 Å². The number of methoxy groups -OCH3 is 1.